The van der Waals surface area contributed by atoms with E-state index in [1.54, 1.807) is 25.6 Å². The van der Waals surface area contributed by atoms with Gasteiger partial charge in [-0.15, -0.1) is 11.3 Å². The highest BCUT2D eigenvalue weighted by molar-refractivity contribution is 7.09. The molecule has 0 unspecified atom stereocenters. The quantitative estimate of drug-likeness (QED) is 0.888. The number of ether oxygens (including phenoxy) is 2. The number of hydrogen-bond donors (Lipinski definition) is 1. The summed E-state index contributed by atoms with van der Waals surface area (Å²) in [5.74, 6) is 1.63. The van der Waals surface area contributed by atoms with Crippen LogP contribution in [0.25, 0.3) is 11.3 Å². The van der Waals surface area contributed by atoms with E-state index >= 15 is 0 Å². The number of aromatic nitrogens is 1. The molecule has 1 aromatic carbocycles. The summed E-state index contributed by atoms with van der Waals surface area (Å²) in [5.41, 5.74) is 1.92. The molecule has 106 valence electrons. The molecule has 5 heteroatoms. The van der Waals surface area contributed by atoms with Crippen LogP contribution in [0.4, 0.5) is 0 Å². The van der Waals surface area contributed by atoms with Crippen molar-refractivity contribution in [3.8, 4) is 22.8 Å². The van der Waals surface area contributed by atoms with E-state index in [1.807, 2.05) is 18.2 Å². The third kappa shape index (κ3) is 2.94. The lowest BCUT2D eigenvalue weighted by atomic mass is 10.1. The topological polar surface area (TPSA) is 43.4 Å². The Kier molecular flexibility index (Phi) is 3.89. The second-order valence-electron chi connectivity index (χ2n) is 4.85. The Labute approximate surface area is 122 Å². The Morgan fingerprint density at radius 1 is 1.30 bits per heavy atom. The van der Waals surface area contributed by atoms with Crippen LogP contribution in [0, 0.1) is 0 Å². The molecule has 2 aromatic rings. The molecule has 0 saturated heterocycles. The highest BCUT2D eigenvalue weighted by Gasteiger charge is 2.20. The SMILES string of the molecule is COc1ccc(OC)c(-c2csc(CNC3CC3)n2)c1. The zero-order chi connectivity index (χ0) is 13.9. The summed E-state index contributed by atoms with van der Waals surface area (Å²) >= 11 is 1.68. The van der Waals surface area contributed by atoms with Crippen molar-refractivity contribution in [3.05, 3.63) is 28.6 Å². The maximum Gasteiger partial charge on any atom is 0.128 e. The van der Waals surface area contributed by atoms with Gasteiger partial charge in [-0.05, 0) is 31.0 Å². The fourth-order valence-electron chi connectivity index (χ4n) is 2.05. The minimum absolute atomic E-state index is 0.703. The number of benzene rings is 1. The molecule has 4 nitrogen and oxygen atoms in total. The molecule has 0 aliphatic heterocycles. The smallest absolute Gasteiger partial charge is 0.128 e. The number of methoxy groups -OCH3 is 2. The molecule has 0 spiro atoms. The Morgan fingerprint density at radius 3 is 2.85 bits per heavy atom. The molecular formula is C15H18N2O2S. The van der Waals surface area contributed by atoms with Crippen molar-refractivity contribution >= 4 is 11.3 Å². The Hall–Kier alpha value is -1.59. The minimum atomic E-state index is 0.703. The van der Waals surface area contributed by atoms with Gasteiger partial charge in [0, 0.05) is 23.5 Å². The number of nitrogens with one attached hydrogen (secondary N) is 1. The summed E-state index contributed by atoms with van der Waals surface area (Å²) in [6, 6.07) is 6.47. The molecule has 1 N–H and O–H groups in total. The zero-order valence-corrected chi connectivity index (χ0v) is 12.5. The molecule has 1 aromatic heterocycles. The molecule has 0 bridgehead atoms. The fourth-order valence-corrected chi connectivity index (χ4v) is 2.79. The molecule has 1 fully saturated rings. The maximum atomic E-state index is 5.41. The number of hydrogen-bond acceptors (Lipinski definition) is 5. The lowest BCUT2D eigenvalue weighted by Crippen LogP contribution is -2.14. The highest BCUT2D eigenvalue weighted by Crippen LogP contribution is 2.34. The monoisotopic (exact) mass is 290 g/mol. The van der Waals surface area contributed by atoms with Gasteiger partial charge in [-0.2, -0.15) is 0 Å². The van der Waals surface area contributed by atoms with E-state index < -0.39 is 0 Å². The van der Waals surface area contributed by atoms with Crippen LogP contribution in [-0.4, -0.2) is 25.2 Å². The van der Waals surface area contributed by atoms with E-state index in [0.717, 1.165) is 34.3 Å². The Morgan fingerprint density at radius 2 is 2.15 bits per heavy atom. The van der Waals surface area contributed by atoms with Crippen LogP contribution in [-0.2, 0) is 6.54 Å². The summed E-state index contributed by atoms with van der Waals surface area (Å²) in [4.78, 5) is 4.68. The second-order valence-corrected chi connectivity index (χ2v) is 5.79. The molecule has 0 atom stereocenters. The molecule has 1 saturated carbocycles. The summed E-state index contributed by atoms with van der Waals surface area (Å²) in [6.45, 7) is 0.849. The molecule has 1 heterocycles. The molecule has 3 rings (SSSR count). The van der Waals surface area contributed by atoms with Crippen LogP contribution in [0.5, 0.6) is 11.5 Å². The largest absolute Gasteiger partial charge is 0.497 e. The van der Waals surface area contributed by atoms with Crippen LogP contribution >= 0.6 is 11.3 Å². The minimum Gasteiger partial charge on any atom is -0.497 e. The zero-order valence-electron chi connectivity index (χ0n) is 11.7. The van der Waals surface area contributed by atoms with E-state index in [2.05, 4.69) is 15.7 Å². The van der Waals surface area contributed by atoms with Gasteiger partial charge in [0.15, 0.2) is 0 Å². The standard InChI is InChI=1S/C15H18N2O2S/c1-18-11-5-6-14(19-2)12(7-11)13-9-20-15(17-13)8-16-10-3-4-10/h5-7,9-10,16H,3-4,8H2,1-2H3. The van der Waals surface area contributed by atoms with Gasteiger partial charge in [0.1, 0.15) is 16.5 Å². The second kappa shape index (κ2) is 5.81. The first kappa shape index (κ1) is 13.4. The molecule has 1 aliphatic carbocycles. The van der Waals surface area contributed by atoms with E-state index in [4.69, 9.17) is 9.47 Å². The lowest BCUT2D eigenvalue weighted by Gasteiger charge is -2.08. The lowest BCUT2D eigenvalue weighted by molar-refractivity contribution is 0.404. The maximum absolute atomic E-state index is 5.41. The van der Waals surface area contributed by atoms with Crippen molar-refractivity contribution in [1.29, 1.82) is 0 Å². The van der Waals surface area contributed by atoms with Crippen LogP contribution in [0.15, 0.2) is 23.6 Å². The van der Waals surface area contributed by atoms with Crippen LogP contribution in [0.2, 0.25) is 0 Å². The summed E-state index contributed by atoms with van der Waals surface area (Å²) < 4.78 is 10.7. The summed E-state index contributed by atoms with van der Waals surface area (Å²) in [7, 11) is 3.34. The number of nitrogens with zero attached hydrogens (tertiary/aromatic N) is 1. The Balaban J connectivity index is 1.83. The molecular weight excluding hydrogens is 272 g/mol. The van der Waals surface area contributed by atoms with Crippen LogP contribution in [0.1, 0.15) is 17.8 Å². The van der Waals surface area contributed by atoms with Gasteiger partial charge >= 0.3 is 0 Å². The molecule has 0 radical (unpaired) electrons. The third-order valence-corrected chi connectivity index (χ3v) is 4.20. The van der Waals surface area contributed by atoms with Crippen LogP contribution in [0.3, 0.4) is 0 Å². The molecule has 0 amide bonds. The fraction of sp³-hybridized carbons (Fsp3) is 0.400. The third-order valence-electron chi connectivity index (χ3n) is 3.35. The van der Waals surface area contributed by atoms with Crippen molar-refractivity contribution < 1.29 is 9.47 Å². The Bertz CT molecular complexity index is 593. The van der Waals surface area contributed by atoms with Gasteiger partial charge in [0.25, 0.3) is 0 Å². The average Bonchev–Trinajstić information content (AvgIpc) is 3.21. The normalized spacial score (nSPS) is 14.3. The molecule has 20 heavy (non-hydrogen) atoms. The van der Waals surface area contributed by atoms with Gasteiger partial charge in [-0.25, -0.2) is 4.98 Å². The van der Waals surface area contributed by atoms with Crippen molar-refractivity contribution in [3.63, 3.8) is 0 Å². The average molecular weight is 290 g/mol. The van der Waals surface area contributed by atoms with E-state index in [-0.39, 0.29) is 0 Å². The summed E-state index contributed by atoms with van der Waals surface area (Å²) in [5, 5.41) is 6.66. The predicted molar refractivity (Wildman–Crippen MR) is 80.5 cm³/mol. The molecule has 1 aliphatic rings. The van der Waals surface area contributed by atoms with Gasteiger partial charge in [-0.3, -0.25) is 0 Å². The van der Waals surface area contributed by atoms with Crippen molar-refractivity contribution in [2.24, 2.45) is 0 Å². The van der Waals surface area contributed by atoms with E-state index in [0.29, 0.717) is 6.04 Å². The van der Waals surface area contributed by atoms with Gasteiger partial charge in [0.05, 0.1) is 19.9 Å². The van der Waals surface area contributed by atoms with Crippen LogP contribution < -0.4 is 14.8 Å². The summed E-state index contributed by atoms with van der Waals surface area (Å²) in [6.07, 6.45) is 2.59. The van der Waals surface area contributed by atoms with Gasteiger partial charge in [0.2, 0.25) is 0 Å². The van der Waals surface area contributed by atoms with Gasteiger partial charge < -0.3 is 14.8 Å². The van der Waals surface area contributed by atoms with Crippen molar-refractivity contribution in [2.75, 3.05) is 14.2 Å². The van der Waals surface area contributed by atoms with Crippen molar-refractivity contribution in [2.45, 2.75) is 25.4 Å². The first-order valence-corrected chi connectivity index (χ1v) is 7.58. The number of rotatable bonds is 6. The number of thiazole rings is 1. The predicted octanol–water partition coefficient (Wildman–Crippen LogP) is 3.08. The van der Waals surface area contributed by atoms with Crippen molar-refractivity contribution in [1.82, 2.24) is 10.3 Å². The van der Waals surface area contributed by atoms with E-state index in [9.17, 15) is 0 Å². The first-order chi connectivity index (χ1) is 9.80. The van der Waals surface area contributed by atoms with E-state index in [1.165, 1.54) is 12.8 Å². The van der Waals surface area contributed by atoms with Gasteiger partial charge in [-0.1, -0.05) is 0 Å². The highest BCUT2D eigenvalue weighted by atomic mass is 32.1. The first-order valence-electron chi connectivity index (χ1n) is 6.70.